The topological polar surface area (TPSA) is 86.4 Å². The standard InChI is InChI=1S/C23H27FN4O3S2/c1-14-3-8-18-19(13-14)32-23-20(18)22(29)25-21(26-23)15(2)27-9-11-28(12-10-27)33(30,31)17-6-4-16(24)5-7-17/h4-7,14-15H,3,8-13H2,1-2H3,(H,25,26,29)/t14-,15-/m1/s1. The molecule has 0 spiro atoms. The molecule has 1 N–H and O–H groups in total. The second-order valence-corrected chi connectivity index (χ2v) is 12.1. The average molecular weight is 491 g/mol. The number of nitrogens with zero attached hydrogens (tertiary/aromatic N) is 3. The molecule has 2 atom stereocenters. The number of rotatable bonds is 4. The Morgan fingerprint density at radius 1 is 1.18 bits per heavy atom. The van der Waals surface area contributed by atoms with Crippen LogP contribution in [-0.4, -0.2) is 53.8 Å². The molecule has 0 saturated carbocycles. The zero-order chi connectivity index (χ0) is 23.3. The lowest BCUT2D eigenvalue weighted by atomic mass is 9.89. The molecule has 2 aromatic heterocycles. The van der Waals surface area contributed by atoms with Crippen molar-refractivity contribution in [3.63, 3.8) is 0 Å². The SMILES string of the molecule is C[C@@H]1CCc2c(sc3nc([C@@H](C)N4CCN(S(=O)(=O)c5ccc(F)cc5)CC4)[nH]c(=O)c23)C1. The van der Waals surface area contributed by atoms with Crippen LogP contribution in [0.15, 0.2) is 34.0 Å². The fourth-order valence-electron chi connectivity index (χ4n) is 4.82. The maximum absolute atomic E-state index is 13.2. The first-order valence-electron chi connectivity index (χ1n) is 11.3. The monoisotopic (exact) mass is 490 g/mol. The van der Waals surface area contributed by atoms with Crippen molar-refractivity contribution in [3.8, 4) is 0 Å². The van der Waals surface area contributed by atoms with Gasteiger partial charge in [-0.25, -0.2) is 17.8 Å². The first-order valence-corrected chi connectivity index (χ1v) is 13.5. The third-order valence-electron chi connectivity index (χ3n) is 6.85. The van der Waals surface area contributed by atoms with Crippen LogP contribution in [0.2, 0.25) is 0 Å². The summed E-state index contributed by atoms with van der Waals surface area (Å²) in [4.78, 5) is 25.1. The number of halogens is 1. The molecule has 5 rings (SSSR count). The van der Waals surface area contributed by atoms with Crippen molar-refractivity contribution in [2.45, 2.75) is 44.0 Å². The molecule has 3 heterocycles. The van der Waals surface area contributed by atoms with Crippen LogP contribution in [0.4, 0.5) is 4.39 Å². The van der Waals surface area contributed by atoms with Crippen LogP contribution in [0.3, 0.4) is 0 Å². The van der Waals surface area contributed by atoms with Gasteiger partial charge in [0.05, 0.1) is 16.3 Å². The van der Waals surface area contributed by atoms with Gasteiger partial charge in [-0.3, -0.25) is 9.69 Å². The van der Waals surface area contributed by atoms with Crippen LogP contribution in [0.25, 0.3) is 10.2 Å². The normalized spacial score (nSPS) is 21.2. The minimum absolute atomic E-state index is 0.0774. The van der Waals surface area contributed by atoms with Gasteiger partial charge < -0.3 is 4.98 Å². The summed E-state index contributed by atoms with van der Waals surface area (Å²) in [5.41, 5.74) is 1.09. The molecule has 33 heavy (non-hydrogen) atoms. The van der Waals surface area contributed by atoms with Gasteiger partial charge in [0, 0.05) is 31.1 Å². The Morgan fingerprint density at radius 2 is 1.88 bits per heavy atom. The Labute approximate surface area is 196 Å². The smallest absolute Gasteiger partial charge is 0.259 e. The van der Waals surface area contributed by atoms with E-state index in [1.165, 1.54) is 26.9 Å². The number of H-pyrrole nitrogens is 1. The van der Waals surface area contributed by atoms with E-state index in [1.54, 1.807) is 11.3 Å². The van der Waals surface area contributed by atoms with E-state index in [2.05, 4.69) is 16.8 Å². The quantitative estimate of drug-likeness (QED) is 0.606. The van der Waals surface area contributed by atoms with E-state index < -0.39 is 15.8 Å². The Morgan fingerprint density at radius 3 is 2.58 bits per heavy atom. The van der Waals surface area contributed by atoms with E-state index in [0.717, 1.165) is 41.6 Å². The van der Waals surface area contributed by atoms with Gasteiger partial charge in [-0.1, -0.05) is 6.92 Å². The molecule has 0 bridgehead atoms. The number of nitrogens with one attached hydrogen (secondary N) is 1. The average Bonchev–Trinajstić information content (AvgIpc) is 3.16. The van der Waals surface area contributed by atoms with Gasteiger partial charge in [-0.2, -0.15) is 4.31 Å². The third-order valence-corrected chi connectivity index (χ3v) is 9.91. The second kappa shape index (κ2) is 8.57. The molecule has 1 aliphatic carbocycles. The maximum Gasteiger partial charge on any atom is 0.259 e. The number of sulfonamides is 1. The number of benzene rings is 1. The predicted octanol–water partition coefficient (Wildman–Crippen LogP) is 3.32. The summed E-state index contributed by atoms with van der Waals surface area (Å²) >= 11 is 1.63. The molecule has 1 aliphatic heterocycles. The Hall–Kier alpha value is -2.14. The lowest BCUT2D eigenvalue weighted by Crippen LogP contribution is -2.49. The van der Waals surface area contributed by atoms with Gasteiger partial charge >= 0.3 is 0 Å². The molecule has 2 aliphatic rings. The largest absolute Gasteiger partial charge is 0.309 e. The Bertz CT molecular complexity index is 1340. The Kier molecular flexibility index (Phi) is 5.88. The summed E-state index contributed by atoms with van der Waals surface area (Å²) in [7, 11) is -3.67. The fourth-order valence-corrected chi connectivity index (χ4v) is 7.64. The van der Waals surface area contributed by atoms with E-state index in [1.807, 2.05) is 6.92 Å². The van der Waals surface area contributed by atoms with Gasteiger partial charge in [0.15, 0.2) is 0 Å². The van der Waals surface area contributed by atoms with Gasteiger partial charge in [-0.05, 0) is 61.9 Å². The van der Waals surface area contributed by atoms with E-state index in [0.29, 0.717) is 37.9 Å². The van der Waals surface area contributed by atoms with Crippen LogP contribution < -0.4 is 5.56 Å². The first kappa shape index (κ1) is 22.6. The maximum atomic E-state index is 13.2. The van der Waals surface area contributed by atoms with Crippen LogP contribution in [0.5, 0.6) is 0 Å². The van der Waals surface area contributed by atoms with Gasteiger partial charge in [0.1, 0.15) is 16.5 Å². The summed E-state index contributed by atoms with van der Waals surface area (Å²) in [6, 6.07) is 4.77. The molecular formula is C23H27FN4O3S2. The second-order valence-electron chi connectivity index (χ2n) is 9.05. The number of aromatic amines is 1. The van der Waals surface area contributed by atoms with Crippen LogP contribution >= 0.6 is 11.3 Å². The lowest BCUT2D eigenvalue weighted by Gasteiger charge is -2.36. The highest BCUT2D eigenvalue weighted by molar-refractivity contribution is 7.89. The van der Waals surface area contributed by atoms with Crippen molar-refractivity contribution >= 4 is 31.6 Å². The molecule has 0 amide bonds. The van der Waals surface area contributed by atoms with Crippen LogP contribution in [-0.2, 0) is 22.9 Å². The molecule has 1 fully saturated rings. The molecule has 7 nitrogen and oxygen atoms in total. The molecule has 3 aromatic rings. The highest BCUT2D eigenvalue weighted by Crippen LogP contribution is 2.36. The third kappa shape index (κ3) is 4.14. The van der Waals surface area contributed by atoms with E-state index in [9.17, 15) is 17.6 Å². The minimum Gasteiger partial charge on any atom is -0.309 e. The molecular weight excluding hydrogens is 463 g/mol. The minimum atomic E-state index is -3.67. The molecule has 10 heteroatoms. The number of piperazine rings is 1. The van der Waals surface area contributed by atoms with Crippen LogP contribution in [0, 0.1) is 11.7 Å². The molecule has 1 aromatic carbocycles. The Balaban J connectivity index is 1.33. The van der Waals surface area contributed by atoms with Crippen molar-refractivity contribution in [1.29, 1.82) is 0 Å². The number of aryl methyl sites for hydroxylation is 1. The van der Waals surface area contributed by atoms with Crippen molar-refractivity contribution in [2.75, 3.05) is 26.2 Å². The van der Waals surface area contributed by atoms with Crippen molar-refractivity contribution in [3.05, 3.63) is 56.7 Å². The van der Waals surface area contributed by atoms with Gasteiger partial charge in [0.2, 0.25) is 10.0 Å². The number of fused-ring (bicyclic) bond motifs is 3. The van der Waals surface area contributed by atoms with Crippen molar-refractivity contribution < 1.29 is 12.8 Å². The number of hydrogen-bond donors (Lipinski definition) is 1. The molecule has 1 saturated heterocycles. The summed E-state index contributed by atoms with van der Waals surface area (Å²) in [5, 5.41) is 0.744. The number of thiophene rings is 1. The van der Waals surface area contributed by atoms with Crippen LogP contribution in [0.1, 0.15) is 42.6 Å². The van der Waals surface area contributed by atoms with E-state index in [4.69, 9.17) is 4.98 Å². The summed E-state index contributed by atoms with van der Waals surface area (Å²) < 4.78 is 40.4. The lowest BCUT2D eigenvalue weighted by molar-refractivity contribution is 0.141. The van der Waals surface area contributed by atoms with E-state index in [-0.39, 0.29) is 16.5 Å². The molecule has 0 unspecified atom stereocenters. The number of hydrogen-bond acceptors (Lipinski definition) is 6. The highest BCUT2D eigenvalue weighted by atomic mass is 32.2. The predicted molar refractivity (Wildman–Crippen MR) is 127 cm³/mol. The van der Waals surface area contributed by atoms with Crippen molar-refractivity contribution in [1.82, 2.24) is 19.2 Å². The van der Waals surface area contributed by atoms with Gasteiger partial charge in [0.25, 0.3) is 5.56 Å². The molecule has 176 valence electrons. The number of aromatic nitrogens is 2. The van der Waals surface area contributed by atoms with Gasteiger partial charge in [-0.15, -0.1) is 11.3 Å². The van der Waals surface area contributed by atoms with E-state index >= 15 is 0 Å². The fraction of sp³-hybridized carbons (Fsp3) is 0.478. The zero-order valence-corrected chi connectivity index (χ0v) is 20.3. The highest BCUT2D eigenvalue weighted by Gasteiger charge is 2.31. The summed E-state index contributed by atoms with van der Waals surface area (Å²) in [5.74, 6) is 0.784. The summed E-state index contributed by atoms with van der Waals surface area (Å²) in [6.07, 6.45) is 3.04. The first-order chi connectivity index (χ1) is 15.7. The summed E-state index contributed by atoms with van der Waals surface area (Å²) in [6.45, 7) is 5.91. The zero-order valence-electron chi connectivity index (χ0n) is 18.7. The molecule has 0 radical (unpaired) electrons. The van der Waals surface area contributed by atoms with Crippen molar-refractivity contribution in [2.24, 2.45) is 5.92 Å².